The molecule has 9 heteroatoms. The van der Waals surface area contributed by atoms with Crippen molar-refractivity contribution in [3.8, 4) is 0 Å². The van der Waals surface area contributed by atoms with Crippen LogP contribution >= 0.6 is 0 Å². The lowest BCUT2D eigenvalue weighted by Crippen LogP contribution is -2.45. The molecular formula is C22H26F2N4O3. The fourth-order valence-electron chi connectivity index (χ4n) is 3.38. The minimum atomic E-state index is -1.06. The maximum atomic E-state index is 13.7. The van der Waals surface area contributed by atoms with Crippen LogP contribution in [0.4, 0.5) is 20.2 Å². The van der Waals surface area contributed by atoms with Crippen LogP contribution in [0.3, 0.4) is 0 Å². The van der Waals surface area contributed by atoms with Crippen molar-refractivity contribution in [1.29, 1.82) is 0 Å². The van der Waals surface area contributed by atoms with Crippen molar-refractivity contribution in [2.75, 3.05) is 57.2 Å². The average molecular weight is 432 g/mol. The SMILES string of the molecule is CN(C)c1ccc([C@H](CNC(=O)C(=O)Nc2cc(F)ccc2F)N2CCOCC2)cc1. The summed E-state index contributed by atoms with van der Waals surface area (Å²) in [6, 6.07) is 10.4. The van der Waals surface area contributed by atoms with E-state index in [0.717, 1.165) is 29.4 Å². The molecule has 0 saturated carbocycles. The molecule has 1 saturated heterocycles. The Bertz CT molecular complexity index is 915. The summed E-state index contributed by atoms with van der Waals surface area (Å²) in [6.45, 7) is 2.73. The summed E-state index contributed by atoms with van der Waals surface area (Å²) < 4.78 is 32.4. The van der Waals surface area contributed by atoms with Crippen molar-refractivity contribution in [1.82, 2.24) is 10.2 Å². The van der Waals surface area contributed by atoms with Crippen molar-refractivity contribution < 1.29 is 23.1 Å². The van der Waals surface area contributed by atoms with Gasteiger partial charge in [0, 0.05) is 45.5 Å². The van der Waals surface area contributed by atoms with Gasteiger partial charge in [-0.15, -0.1) is 0 Å². The highest BCUT2D eigenvalue weighted by Crippen LogP contribution is 2.24. The van der Waals surface area contributed by atoms with E-state index in [1.54, 1.807) is 0 Å². The van der Waals surface area contributed by atoms with E-state index in [2.05, 4.69) is 15.5 Å². The van der Waals surface area contributed by atoms with Crippen LogP contribution in [0.5, 0.6) is 0 Å². The molecule has 0 aliphatic carbocycles. The van der Waals surface area contributed by atoms with Crippen LogP contribution in [0.2, 0.25) is 0 Å². The highest BCUT2D eigenvalue weighted by atomic mass is 19.1. The smallest absolute Gasteiger partial charge is 0.313 e. The zero-order chi connectivity index (χ0) is 22.4. The number of ether oxygens (including phenoxy) is 1. The zero-order valence-corrected chi connectivity index (χ0v) is 17.5. The third-order valence-corrected chi connectivity index (χ3v) is 5.12. The number of carbonyl (C=O) groups is 2. The first-order valence-electron chi connectivity index (χ1n) is 9.98. The number of hydrogen-bond acceptors (Lipinski definition) is 5. The number of benzene rings is 2. The van der Waals surface area contributed by atoms with Gasteiger partial charge in [-0.2, -0.15) is 0 Å². The van der Waals surface area contributed by atoms with E-state index in [1.807, 2.05) is 43.3 Å². The molecule has 0 bridgehead atoms. The van der Waals surface area contributed by atoms with Gasteiger partial charge in [0.15, 0.2) is 0 Å². The topological polar surface area (TPSA) is 73.9 Å². The van der Waals surface area contributed by atoms with E-state index in [1.165, 1.54) is 0 Å². The summed E-state index contributed by atoms with van der Waals surface area (Å²) >= 11 is 0. The minimum absolute atomic E-state index is 0.164. The monoisotopic (exact) mass is 432 g/mol. The van der Waals surface area contributed by atoms with Crippen molar-refractivity contribution in [2.24, 2.45) is 0 Å². The minimum Gasteiger partial charge on any atom is -0.379 e. The second-order valence-corrected chi connectivity index (χ2v) is 7.44. The van der Waals surface area contributed by atoms with Gasteiger partial charge < -0.3 is 20.3 Å². The van der Waals surface area contributed by atoms with E-state index in [4.69, 9.17) is 4.74 Å². The van der Waals surface area contributed by atoms with Crippen LogP contribution < -0.4 is 15.5 Å². The number of anilines is 2. The van der Waals surface area contributed by atoms with E-state index in [-0.39, 0.29) is 18.3 Å². The fourth-order valence-corrected chi connectivity index (χ4v) is 3.38. The largest absolute Gasteiger partial charge is 0.379 e. The second kappa shape index (κ2) is 10.3. The lowest BCUT2D eigenvalue weighted by atomic mass is 10.0. The first-order valence-corrected chi connectivity index (χ1v) is 9.98. The second-order valence-electron chi connectivity index (χ2n) is 7.44. The van der Waals surface area contributed by atoms with E-state index in [9.17, 15) is 18.4 Å². The summed E-state index contributed by atoms with van der Waals surface area (Å²) in [5.41, 5.74) is 1.65. The van der Waals surface area contributed by atoms with E-state index >= 15 is 0 Å². The Balaban J connectivity index is 1.68. The van der Waals surface area contributed by atoms with Gasteiger partial charge in [-0.25, -0.2) is 8.78 Å². The maximum absolute atomic E-state index is 13.7. The van der Waals surface area contributed by atoms with Crippen LogP contribution in [-0.4, -0.2) is 63.7 Å². The molecule has 2 aromatic rings. The first kappa shape index (κ1) is 22.6. The Morgan fingerprint density at radius 3 is 2.39 bits per heavy atom. The highest BCUT2D eigenvalue weighted by molar-refractivity contribution is 6.39. The predicted molar refractivity (Wildman–Crippen MR) is 114 cm³/mol. The normalized spacial score (nSPS) is 15.2. The fraction of sp³-hybridized carbons (Fsp3) is 0.364. The van der Waals surface area contributed by atoms with Crippen LogP contribution in [0, 0.1) is 11.6 Å². The highest BCUT2D eigenvalue weighted by Gasteiger charge is 2.25. The van der Waals surface area contributed by atoms with Gasteiger partial charge in [-0.05, 0) is 29.8 Å². The molecule has 1 fully saturated rings. The Kier molecular flexibility index (Phi) is 7.54. The van der Waals surface area contributed by atoms with Gasteiger partial charge in [-0.1, -0.05) is 12.1 Å². The van der Waals surface area contributed by atoms with Crippen molar-refractivity contribution in [2.45, 2.75) is 6.04 Å². The average Bonchev–Trinajstić information content (AvgIpc) is 2.77. The van der Waals surface area contributed by atoms with Gasteiger partial charge in [0.1, 0.15) is 11.6 Å². The van der Waals surface area contributed by atoms with Gasteiger partial charge in [0.2, 0.25) is 0 Å². The lowest BCUT2D eigenvalue weighted by molar-refractivity contribution is -0.136. The molecule has 3 rings (SSSR count). The number of rotatable bonds is 6. The molecule has 166 valence electrons. The number of carbonyl (C=O) groups excluding carboxylic acids is 2. The summed E-state index contributed by atoms with van der Waals surface area (Å²) in [6.07, 6.45) is 0. The van der Waals surface area contributed by atoms with Crippen LogP contribution in [-0.2, 0) is 14.3 Å². The van der Waals surface area contributed by atoms with Crippen LogP contribution in [0.15, 0.2) is 42.5 Å². The van der Waals surface area contributed by atoms with Gasteiger partial charge in [0.25, 0.3) is 0 Å². The van der Waals surface area contributed by atoms with Crippen LogP contribution in [0.1, 0.15) is 11.6 Å². The maximum Gasteiger partial charge on any atom is 0.313 e. The third-order valence-electron chi connectivity index (χ3n) is 5.12. The molecule has 1 aliphatic rings. The number of morpholine rings is 1. The molecule has 0 unspecified atom stereocenters. The Hall–Kier alpha value is -3.04. The molecule has 31 heavy (non-hydrogen) atoms. The number of hydrogen-bond donors (Lipinski definition) is 2. The third kappa shape index (κ3) is 5.99. The molecule has 1 aliphatic heterocycles. The molecule has 2 amide bonds. The number of nitrogens with zero attached hydrogens (tertiary/aromatic N) is 2. The summed E-state index contributed by atoms with van der Waals surface area (Å²) in [7, 11) is 3.91. The van der Waals surface area contributed by atoms with Gasteiger partial charge >= 0.3 is 11.8 Å². The molecule has 0 spiro atoms. The first-order chi connectivity index (χ1) is 14.8. The molecular weight excluding hydrogens is 406 g/mol. The number of amides is 2. The Morgan fingerprint density at radius 2 is 1.74 bits per heavy atom. The summed E-state index contributed by atoms with van der Waals surface area (Å²) in [4.78, 5) is 28.7. The summed E-state index contributed by atoms with van der Waals surface area (Å²) in [5.74, 6) is -3.53. The lowest BCUT2D eigenvalue weighted by Gasteiger charge is -2.35. The summed E-state index contributed by atoms with van der Waals surface area (Å²) in [5, 5.41) is 4.72. The zero-order valence-electron chi connectivity index (χ0n) is 17.5. The van der Waals surface area contributed by atoms with E-state index < -0.39 is 23.4 Å². The van der Waals surface area contributed by atoms with Crippen molar-refractivity contribution in [3.05, 3.63) is 59.7 Å². The molecule has 0 aromatic heterocycles. The van der Waals surface area contributed by atoms with Crippen LogP contribution in [0.25, 0.3) is 0 Å². The molecule has 7 nitrogen and oxygen atoms in total. The molecule has 1 atom stereocenters. The molecule has 2 aromatic carbocycles. The molecule has 0 radical (unpaired) electrons. The molecule has 1 heterocycles. The van der Waals surface area contributed by atoms with Gasteiger partial charge in [0.05, 0.1) is 24.9 Å². The Morgan fingerprint density at radius 1 is 1.06 bits per heavy atom. The number of nitrogens with one attached hydrogen (secondary N) is 2. The Labute approximate surface area is 180 Å². The van der Waals surface area contributed by atoms with Crippen molar-refractivity contribution >= 4 is 23.2 Å². The van der Waals surface area contributed by atoms with E-state index in [0.29, 0.717) is 26.3 Å². The standard InChI is InChI=1S/C22H26F2N4O3/c1-27(2)17-6-3-15(4-7-17)20(28-9-11-31-12-10-28)14-25-21(29)22(30)26-19-13-16(23)5-8-18(19)24/h3-8,13,20H,9-12,14H2,1-2H3,(H,25,29)(H,26,30)/t20-/m0/s1. The predicted octanol–water partition coefficient (Wildman–Crippen LogP) is 2.16. The molecule has 2 N–H and O–H groups in total. The van der Waals surface area contributed by atoms with Gasteiger partial charge in [-0.3, -0.25) is 14.5 Å². The number of halogens is 2. The quantitative estimate of drug-likeness (QED) is 0.685. The van der Waals surface area contributed by atoms with Crippen molar-refractivity contribution in [3.63, 3.8) is 0 Å².